The van der Waals surface area contributed by atoms with Crippen molar-refractivity contribution in [1.29, 1.82) is 0 Å². The smallest absolute Gasteiger partial charge is 0.330 e. The van der Waals surface area contributed by atoms with Crippen LogP contribution in [0.4, 0.5) is 0 Å². The highest BCUT2D eigenvalue weighted by Crippen LogP contribution is 2.29. The number of fused-ring (bicyclic) bond motifs is 1. The van der Waals surface area contributed by atoms with Gasteiger partial charge < -0.3 is 18.6 Å². The van der Waals surface area contributed by atoms with Crippen LogP contribution in [0.3, 0.4) is 0 Å². The average molecular weight is 373 g/mol. The van der Waals surface area contributed by atoms with Crippen LogP contribution < -0.4 is 9.47 Å². The predicted molar refractivity (Wildman–Crippen MR) is 98.6 cm³/mol. The molecular formula is C19H17ClN2O4. The van der Waals surface area contributed by atoms with Crippen molar-refractivity contribution in [3.8, 4) is 11.5 Å². The average Bonchev–Trinajstić information content (AvgIpc) is 3.06. The number of esters is 1. The molecule has 0 N–H and O–H groups in total. The first-order chi connectivity index (χ1) is 12.6. The molecule has 0 fully saturated rings. The summed E-state index contributed by atoms with van der Waals surface area (Å²) in [7, 11) is 2.89. The summed E-state index contributed by atoms with van der Waals surface area (Å²) in [6.45, 7) is 0.285. The van der Waals surface area contributed by atoms with Gasteiger partial charge in [0, 0.05) is 18.5 Å². The van der Waals surface area contributed by atoms with Gasteiger partial charge in [-0.1, -0.05) is 17.7 Å². The SMILES string of the molecule is COC(=O)C=Cc1ccc(OCc2cn3cc(Cl)ccc3n2)c(OC)c1. The molecular weight excluding hydrogens is 356 g/mol. The summed E-state index contributed by atoms with van der Waals surface area (Å²) in [6.07, 6.45) is 6.64. The first kappa shape index (κ1) is 17.8. The van der Waals surface area contributed by atoms with Gasteiger partial charge in [-0.2, -0.15) is 0 Å². The Kier molecular flexibility index (Phi) is 5.43. The molecule has 0 unspecified atom stereocenters. The van der Waals surface area contributed by atoms with Gasteiger partial charge in [-0.15, -0.1) is 0 Å². The number of hydrogen-bond donors (Lipinski definition) is 0. The minimum absolute atomic E-state index is 0.285. The van der Waals surface area contributed by atoms with E-state index in [9.17, 15) is 4.79 Å². The van der Waals surface area contributed by atoms with Gasteiger partial charge in [-0.05, 0) is 35.9 Å². The van der Waals surface area contributed by atoms with Crippen molar-refractivity contribution in [3.63, 3.8) is 0 Å². The number of pyridine rings is 1. The Hall–Kier alpha value is -2.99. The maximum atomic E-state index is 11.2. The van der Waals surface area contributed by atoms with E-state index in [2.05, 4.69) is 9.72 Å². The molecule has 2 aromatic heterocycles. The molecule has 134 valence electrons. The van der Waals surface area contributed by atoms with Crippen molar-refractivity contribution >= 4 is 29.3 Å². The second kappa shape index (κ2) is 7.93. The van der Waals surface area contributed by atoms with E-state index in [0.717, 1.165) is 16.9 Å². The van der Waals surface area contributed by atoms with Gasteiger partial charge in [0.05, 0.1) is 24.9 Å². The number of ether oxygens (including phenoxy) is 3. The molecule has 26 heavy (non-hydrogen) atoms. The number of rotatable bonds is 6. The van der Waals surface area contributed by atoms with Gasteiger partial charge in [-0.3, -0.25) is 0 Å². The summed E-state index contributed by atoms with van der Waals surface area (Å²) in [5, 5.41) is 0.639. The summed E-state index contributed by atoms with van der Waals surface area (Å²) in [5.74, 6) is 0.720. The van der Waals surface area contributed by atoms with Gasteiger partial charge in [0.25, 0.3) is 0 Å². The fourth-order valence-corrected chi connectivity index (χ4v) is 2.55. The number of halogens is 1. The number of methoxy groups -OCH3 is 2. The van der Waals surface area contributed by atoms with E-state index in [1.807, 2.05) is 22.7 Å². The second-order valence-corrected chi connectivity index (χ2v) is 5.84. The van der Waals surface area contributed by atoms with E-state index in [1.54, 1.807) is 37.6 Å². The van der Waals surface area contributed by atoms with Crippen LogP contribution in [-0.2, 0) is 16.1 Å². The van der Waals surface area contributed by atoms with Crippen molar-refractivity contribution in [1.82, 2.24) is 9.38 Å². The zero-order valence-electron chi connectivity index (χ0n) is 14.3. The molecule has 0 amide bonds. The highest BCUT2D eigenvalue weighted by molar-refractivity contribution is 6.30. The Morgan fingerprint density at radius 3 is 2.81 bits per heavy atom. The standard InChI is InChI=1S/C19H17ClN2O4/c1-24-17-9-13(4-8-19(23)25-2)3-6-16(17)26-12-15-11-22-10-14(20)5-7-18(22)21-15/h3-11H,12H2,1-2H3. The van der Waals surface area contributed by atoms with Crippen molar-refractivity contribution in [3.05, 3.63) is 65.1 Å². The first-order valence-electron chi connectivity index (χ1n) is 7.79. The van der Waals surface area contributed by atoms with Crippen LogP contribution >= 0.6 is 11.6 Å². The molecule has 6 nitrogen and oxygen atoms in total. The third-order valence-corrected chi connectivity index (χ3v) is 3.86. The maximum absolute atomic E-state index is 11.2. The molecule has 3 rings (SSSR count). The molecule has 2 heterocycles. The van der Waals surface area contributed by atoms with Gasteiger partial charge in [0.1, 0.15) is 12.3 Å². The zero-order valence-corrected chi connectivity index (χ0v) is 15.1. The second-order valence-electron chi connectivity index (χ2n) is 5.40. The summed E-state index contributed by atoms with van der Waals surface area (Å²) < 4.78 is 17.6. The van der Waals surface area contributed by atoms with Crippen LogP contribution in [-0.4, -0.2) is 29.6 Å². The Labute approximate surface area is 155 Å². The Morgan fingerprint density at radius 2 is 2.04 bits per heavy atom. The summed E-state index contributed by atoms with van der Waals surface area (Å²) in [5.41, 5.74) is 2.36. The van der Waals surface area contributed by atoms with Crippen LogP contribution in [0.15, 0.2) is 48.8 Å². The largest absolute Gasteiger partial charge is 0.493 e. The molecule has 7 heteroatoms. The van der Waals surface area contributed by atoms with Crippen LogP contribution in [0, 0.1) is 0 Å². The zero-order chi connectivity index (χ0) is 18.5. The number of imidazole rings is 1. The molecule has 0 aliphatic rings. The molecule has 0 spiro atoms. The molecule has 1 aromatic carbocycles. The van der Waals surface area contributed by atoms with Crippen LogP contribution in [0.25, 0.3) is 11.7 Å². The Bertz CT molecular complexity index is 965. The lowest BCUT2D eigenvalue weighted by atomic mass is 10.2. The number of nitrogens with zero attached hydrogens (tertiary/aromatic N) is 2. The van der Waals surface area contributed by atoms with Gasteiger partial charge in [-0.25, -0.2) is 9.78 Å². The number of carbonyl (C=O) groups is 1. The van der Waals surface area contributed by atoms with Gasteiger partial charge in [0.2, 0.25) is 0 Å². The first-order valence-corrected chi connectivity index (χ1v) is 8.17. The topological polar surface area (TPSA) is 62.1 Å². The summed E-state index contributed by atoms with van der Waals surface area (Å²) in [4.78, 5) is 15.7. The van der Waals surface area contributed by atoms with E-state index in [1.165, 1.54) is 13.2 Å². The molecule has 0 saturated heterocycles. The van der Waals surface area contributed by atoms with E-state index >= 15 is 0 Å². The molecule has 0 aliphatic carbocycles. The van der Waals surface area contributed by atoms with E-state index in [-0.39, 0.29) is 6.61 Å². The number of benzene rings is 1. The normalized spacial score (nSPS) is 11.0. The number of aromatic nitrogens is 2. The highest BCUT2D eigenvalue weighted by atomic mass is 35.5. The van der Waals surface area contributed by atoms with Crippen LogP contribution in [0.1, 0.15) is 11.3 Å². The van der Waals surface area contributed by atoms with Crippen LogP contribution in [0.2, 0.25) is 5.02 Å². The molecule has 3 aromatic rings. The van der Waals surface area contributed by atoms with Gasteiger partial charge in [0.15, 0.2) is 11.5 Å². The van der Waals surface area contributed by atoms with Gasteiger partial charge >= 0.3 is 5.97 Å². The molecule has 0 radical (unpaired) electrons. The molecule has 0 bridgehead atoms. The van der Waals surface area contributed by atoms with E-state index in [4.69, 9.17) is 21.1 Å². The summed E-state index contributed by atoms with van der Waals surface area (Å²) in [6, 6.07) is 9.01. The monoisotopic (exact) mass is 372 g/mol. The van der Waals surface area contributed by atoms with E-state index < -0.39 is 5.97 Å². The number of hydrogen-bond acceptors (Lipinski definition) is 5. The Morgan fingerprint density at radius 1 is 1.19 bits per heavy atom. The lowest BCUT2D eigenvalue weighted by Crippen LogP contribution is -1.98. The molecule has 0 aliphatic heterocycles. The lowest BCUT2D eigenvalue weighted by molar-refractivity contribution is -0.134. The van der Waals surface area contributed by atoms with Crippen LogP contribution in [0.5, 0.6) is 11.5 Å². The van der Waals surface area contributed by atoms with Crippen molar-refractivity contribution in [2.24, 2.45) is 0 Å². The minimum Gasteiger partial charge on any atom is -0.493 e. The van der Waals surface area contributed by atoms with Crippen molar-refractivity contribution in [2.75, 3.05) is 14.2 Å². The predicted octanol–water partition coefficient (Wildman–Crippen LogP) is 3.76. The third-order valence-electron chi connectivity index (χ3n) is 3.64. The maximum Gasteiger partial charge on any atom is 0.330 e. The lowest BCUT2D eigenvalue weighted by Gasteiger charge is -2.10. The third kappa shape index (κ3) is 4.15. The Balaban J connectivity index is 1.74. The number of carbonyl (C=O) groups excluding carboxylic acids is 1. The highest BCUT2D eigenvalue weighted by Gasteiger charge is 2.08. The fourth-order valence-electron chi connectivity index (χ4n) is 2.38. The quantitative estimate of drug-likeness (QED) is 0.487. The summed E-state index contributed by atoms with van der Waals surface area (Å²) >= 11 is 5.98. The molecule has 0 atom stereocenters. The fraction of sp³-hybridized carbons (Fsp3) is 0.158. The van der Waals surface area contributed by atoms with Crippen molar-refractivity contribution in [2.45, 2.75) is 6.61 Å². The minimum atomic E-state index is -0.420. The molecule has 0 saturated carbocycles. The van der Waals surface area contributed by atoms with Crippen molar-refractivity contribution < 1.29 is 19.0 Å². The van der Waals surface area contributed by atoms with E-state index in [0.29, 0.717) is 16.5 Å².